The Bertz CT molecular complexity index is 544. The van der Waals surface area contributed by atoms with Gasteiger partial charge in [0.15, 0.2) is 0 Å². The predicted molar refractivity (Wildman–Crippen MR) is 71.7 cm³/mol. The van der Waals surface area contributed by atoms with E-state index in [2.05, 4.69) is 0 Å². The zero-order valence-corrected chi connectivity index (χ0v) is 11.1. The van der Waals surface area contributed by atoms with Crippen LogP contribution in [0, 0.1) is 12.7 Å². The fourth-order valence-corrected chi connectivity index (χ4v) is 2.47. The zero-order chi connectivity index (χ0) is 13.3. The highest BCUT2D eigenvalue weighted by Crippen LogP contribution is 2.34. The van der Waals surface area contributed by atoms with Gasteiger partial charge in [-0.3, -0.25) is 0 Å². The molecule has 0 saturated heterocycles. The first kappa shape index (κ1) is 13.3. The first-order valence-electron chi connectivity index (χ1n) is 5.38. The summed E-state index contributed by atoms with van der Waals surface area (Å²) >= 11 is 12.0. The molecule has 0 spiro atoms. The van der Waals surface area contributed by atoms with Crippen LogP contribution in [0.4, 0.5) is 4.39 Å². The molecule has 0 saturated carbocycles. The molecule has 0 amide bonds. The normalized spacial score (nSPS) is 12.5. The quantitative estimate of drug-likeness (QED) is 0.860. The van der Waals surface area contributed by atoms with E-state index < -0.39 is 11.9 Å². The van der Waals surface area contributed by atoms with Gasteiger partial charge in [0.25, 0.3) is 0 Å². The van der Waals surface area contributed by atoms with Crippen LogP contribution in [0.3, 0.4) is 0 Å². The molecule has 94 valence electrons. The smallest absolute Gasteiger partial charge is 0.123 e. The van der Waals surface area contributed by atoms with Crippen molar-refractivity contribution in [1.29, 1.82) is 0 Å². The van der Waals surface area contributed by atoms with Crippen LogP contribution >= 0.6 is 23.2 Å². The highest BCUT2D eigenvalue weighted by atomic mass is 35.5. The first-order valence-corrected chi connectivity index (χ1v) is 6.13. The van der Waals surface area contributed by atoms with Crippen LogP contribution < -0.4 is 0 Å². The Balaban J connectivity index is 2.51. The van der Waals surface area contributed by atoms with Crippen molar-refractivity contribution in [1.82, 2.24) is 0 Å². The highest BCUT2D eigenvalue weighted by Gasteiger charge is 2.18. The topological polar surface area (TPSA) is 20.2 Å². The molecule has 0 fully saturated rings. The second-order valence-corrected chi connectivity index (χ2v) is 4.91. The standard InChI is InChI=1S/C14H11Cl2FO/c1-8-5-9(7-10(17)6-8)14(18)13-11(15)3-2-4-12(13)16/h2-7,14,18H,1H3. The number of aliphatic hydroxyl groups excluding tert-OH is 1. The second-order valence-electron chi connectivity index (χ2n) is 4.10. The largest absolute Gasteiger partial charge is 0.384 e. The van der Waals surface area contributed by atoms with Crippen molar-refractivity contribution >= 4 is 23.2 Å². The fourth-order valence-electron chi connectivity index (χ4n) is 1.86. The molecule has 0 heterocycles. The summed E-state index contributed by atoms with van der Waals surface area (Å²) in [5, 5.41) is 11.0. The molecule has 2 aromatic carbocycles. The minimum Gasteiger partial charge on any atom is -0.384 e. The van der Waals surface area contributed by atoms with E-state index in [1.807, 2.05) is 0 Å². The summed E-state index contributed by atoms with van der Waals surface area (Å²) in [5.74, 6) is -0.396. The van der Waals surface area contributed by atoms with Crippen molar-refractivity contribution in [2.24, 2.45) is 0 Å². The van der Waals surface area contributed by atoms with Crippen LogP contribution in [0.25, 0.3) is 0 Å². The van der Waals surface area contributed by atoms with Crippen molar-refractivity contribution in [3.05, 3.63) is 69.0 Å². The molecule has 2 rings (SSSR count). The molecule has 2 aromatic rings. The summed E-state index contributed by atoms with van der Waals surface area (Å²) in [5.41, 5.74) is 1.56. The van der Waals surface area contributed by atoms with E-state index in [0.717, 1.165) is 5.56 Å². The molecule has 1 atom stereocenters. The molecule has 1 N–H and O–H groups in total. The van der Waals surface area contributed by atoms with Gasteiger partial charge < -0.3 is 5.11 Å². The van der Waals surface area contributed by atoms with Gasteiger partial charge >= 0.3 is 0 Å². The lowest BCUT2D eigenvalue weighted by Crippen LogP contribution is -2.02. The van der Waals surface area contributed by atoms with Crippen LogP contribution in [0.15, 0.2) is 36.4 Å². The zero-order valence-electron chi connectivity index (χ0n) is 9.62. The van der Waals surface area contributed by atoms with E-state index in [0.29, 0.717) is 21.2 Å². The fraction of sp³-hybridized carbons (Fsp3) is 0.143. The average Bonchev–Trinajstić information content (AvgIpc) is 2.27. The molecule has 0 aliphatic rings. The summed E-state index contributed by atoms with van der Waals surface area (Å²) in [6, 6.07) is 9.34. The Kier molecular flexibility index (Phi) is 3.91. The molecular formula is C14H11Cl2FO. The summed E-state index contributed by atoms with van der Waals surface area (Å²) in [4.78, 5) is 0. The van der Waals surface area contributed by atoms with Gasteiger partial charge in [-0.25, -0.2) is 4.39 Å². The number of aryl methyl sites for hydroxylation is 1. The molecule has 0 aliphatic heterocycles. The molecule has 0 radical (unpaired) electrons. The van der Waals surface area contributed by atoms with E-state index in [9.17, 15) is 9.50 Å². The minimum atomic E-state index is -1.04. The van der Waals surface area contributed by atoms with Gasteiger partial charge in [-0.15, -0.1) is 0 Å². The van der Waals surface area contributed by atoms with Gasteiger partial charge in [0.05, 0.1) is 0 Å². The lowest BCUT2D eigenvalue weighted by atomic mass is 9.99. The van der Waals surface area contributed by atoms with Crippen LogP contribution in [0.1, 0.15) is 22.8 Å². The van der Waals surface area contributed by atoms with E-state index >= 15 is 0 Å². The average molecular weight is 285 g/mol. The Hall–Kier alpha value is -1.09. The van der Waals surface area contributed by atoms with E-state index in [1.54, 1.807) is 31.2 Å². The Morgan fingerprint density at radius 2 is 1.72 bits per heavy atom. The van der Waals surface area contributed by atoms with Gasteiger partial charge in [0.2, 0.25) is 0 Å². The minimum absolute atomic E-state index is 0.358. The summed E-state index contributed by atoms with van der Waals surface area (Å²) in [6.07, 6.45) is -1.04. The first-order chi connectivity index (χ1) is 8.49. The molecule has 0 bridgehead atoms. The maximum atomic E-state index is 13.3. The van der Waals surface area contributed by atoms with E-state index in [4.69, 9.17) is 23.2 Å². The summed E-state index contributed by atoms with van der Waals surface area (Å²) < 4.78 is 13.3. The molecular weight excluding hydrogens is 274 g/mol. The van der Waals surface area contributed by atoms with Crippen LogP contribution in [-0.2, 0) is 0 Å². The van der Waals surface area contributed by atoms with Crippen LogP contribution in [0.2, 0.25) is 10.0 Å². The third kappa shape index (κ3) is 2.66. The summed E-state index contributed by atoms with van der Waals surface area (Å²) in [7, 11) is 0. The van der Waals surface area contributed by atoms with Crippen molar-refractivity contribution in [3.8, 4) is 0 Å². The molecule has 1 nitrogen and oxygen atoms in total. The van der Waals surface area contributed by atoms with Gasteiger partial charge in [-0.2, -0.15) is 0 Å². The third-order valence-corrected chi connectivity index (χ3v) is 3.31. The second kappa shape index (κ2) is 5.27. The molecule has 0 aromatic heterocycles. The van der Waals surface area contributed by atoms with Gasteiger partial charge in [-0.1, -0.05) is 35.3 Å². The Morgan fingerprint density at radius 3 is 2.28 bits per heavy atom. The molecule has 4 heteroatoms. The van der Waals surface area contributed by atoms with Crippen LogP contribution in [0.5, 0.6) is 0 Å². The highest BCUT2D eigenvalue weighted by molar-refractivity contribution is 6.36. The SMILES string of the molecule is Cc1cc(F)cc(C(O)c2c(Cl)cccc2Cl)c1. The molecule has 0 aliphatic carbocycles. The summed E-state index contributed by atoms with van der Waals surface area (Å²) in [6.45, 7) is 1.76. The number of aliphatic hydroxyl groups is 1. The molecule has 18 heavy (non-hydrogen) atoms. The monoisotopic (exact) mass is 284 g/mol. The Morgan fingerprint density at radius 1 is 1.11 bits per heavy atom. The van der Waals surface area contributed by atoms with Crippen LogP contribution in [-0.4, -0.2) is 5.11 Å². The lowest BCUT2D eigenvalue weighted by Gasteiger charge is -2.15. The van der Waals surface area contributed by atoms with Crippen molar-refractivity contribution < 1.29 is 9.50 Å². The number of hydrogen-bond acceptors (Lipinski definition) is 1. The van der Waals surface area contributed by atoms with Gasteiger partial charge in [0.1, 0.15) is 11.9 Å². The van der Waals surface area contributed by atoms with Gasteiger partial charge in [0, 0.05) is 15.6 Å². The van der Waals surface area contributed by atoms with Crippen molar-refractivity contribution in [2.75, 3.05) is 0 Å². The third-order valence-electron chi connectivity index (χ3n) is 2.65. The van der Waals surface area contributed by atoms with Crippen molar-refractivity contribution in [3.63, 3.8) is 0 Å². The van der Waals surface area contributed by atoms with E-state index in [-0.39, 0.29) is 0 Å². The number of rotatable bonds is 2. The maximum Gasteiger partial charge on any atom is 0.123 e. The lowest BCUT2D eigenvalue weighted by molar-refractivity contribution is 0.220. The Labute approximate surface area is 115 Å². The maximum absolute atomic E-state index is 13.3. The molecule has 1 unspecified atom stereocenters. The number of benzene rings is 2. The van der Waals surface area contributed by atoms with Gasteiger partial charge in [-0.05, 0) is 42.3 Å². The predicted octanol–water partition coefficient (Wildman–Crippen LogP) is 4.52. The van der Waals surface area contributed by atoms with E-state index in [1.165, 1.54) is 12.1 Å². The number of halogens is 3. The van der Waals surface area contributed by atoms with Crippen molar-refractivity contribution in [2.45, 2.75) is 13.0 Å². The number of hydrogen-bond donors (Lipinski definition) is 1.